The van der Waals surface area contributed by atoms with Crippen molar-refractivity contribution < 1.29 is 14.0 Å². The number of benzene rings is 2. The fraction of sp³-hybridized carbons (Fsp3) is 0.250. The zero-order valence-corrected chi connectivity index (χ0v) is 24.8. The number of hydrogen-bond donors (Lipinski definition) is 2. The molecular formula is C28H24BrFN6O2S2. The van der Waals surface area contributed by atoms with Gasteiger partial charge in [-0.2, -0.15) is 5.26 Å². The number of allylic oxidation sites excluding steroid dienone is 3. The molecule has 3 N–H and O–H groups in total. The van der Waals surface area contributed by atoms with E-state index in [9.17, 15) is 14.9 Å². The molecule has 0 radical (unpaired) electrons. The van der Waals surface area contributed by atoms with Gasteiger partial charge in [0.2, 0.25) is 11.0 Å². The summed E-state index contributed by atoms with van der Waals surface area (Å²) >= 11 is 5.82. The highest BCUT2D eigenvalue weighted by molar-refractivity contribution is 9.10. The summed E-state index contributed by atoms with van der Waals surface area (Å²) < 4.78 is 16.3. The number of nitrogens with two attached hydrogens (primary N) is 1. The van der Waals surface area contributed by atoms with Crippen LogP contribution in [0.4, 0.5) is 15.2 Å². The molecule has 204 valence electrons. The molecule has 1 atom stereocenters. The lowest BCUT2D eigenvalue weighted by Gasteiger charge is -2.42. The number of amides is 1. The van der Waals surface area contributed by atoms with Gasteiger partial charge in [0.15, 0.2) is 10.1 Å². The number of carbonyl (C=O) groups excluding carboxylic acids is 2. The van der Waals surface area contributed by atoms with Gasteiger partial charge in [-0.05, 0) is 46.0 Å². The third kappa shape index (κ3) is 5.41. The maximum absolute atomic E-state index is 15.0. The summed E-state index contributed by atoms with van der Waals surface area (Å²) in [6.45, 7) is 3.96. The second kappa shape index (κ2) is 11.2. The summed E-state index contributed by atoms with van der Waals surface area (Å²) in [5, 5.41) is 21.9. The molecule has 8 nitrogen and oxygen atoms in total. The quantitative estimate of drug-likeness (QED) is 0.310. The molecule has 0 saturated carbocycles. The Morgan fingerprint density at radius 2 is 1.98 bits per heavy atom. The van der Waals surface area contributed by atoms with Crippen LogP contribution in [-0.2, 0) is 9.59 Å². The van der Waals surface area contributed by atoms with Crippen molar-refractivity contribution in [2.75, 3.05) is 16.0 Å². The van der Waals surface area contributed by atoms with Gasteiger partial charge in [0.25, 0.3) is 0 Å². The second-order valence-electron chi connectivity index (χ2n) is 10.2. The number of para-hydroxylation sites is 1. The molecular weight excluding hydrogens is 615 g/mol. The lowest BCUT2D eigenvalue weighted by atomic mass is 9.68. The van der Waals surface area contributed by atoms with Crippen LogP contribution in [0.1, 0.15) is 38.2 Å². The number of nitrogens with zero attached hydrogens (tertiary/aromatic N) is 4. The Balaban J connectivity index is 1.48. The number of halogens is 2. The Morgan fingerprint density at radius 1 is 1.25 bits per heavy atom. The lowest BCUT2D eigenvalue weighted by molar-refractivity contribution is -0.118. The number of aromatic nitrogens is 2. The molecule has 0 fully saturated rings. The van der Waals surface area contributed by atoms with Crippen LogP contribution in [0.2, 0.25) is 0 Å². The Hall–Kier alpha value is -3.53. The van der Waals surface area contributed by atoms with Crippen molar-refractivity contribution in [1.82, 2.24) is 10.2 Å². The molecule has 2 aromatic carbocycles. The van der Waals surface area contributed by atoms with Crippen LogP contribution >= 0.6 is 39.0 Å². The zero-order valence-electron chi connectivity index (χ0n) is 21.6. The topological polar surface area (TPSA) is 125 Å². The molecule has 12 heteroatoms. The first-order chi connectivity index (χ1) is 19.1. The molecule has 40 heavy (non-hydrogen) atoms. The van der Waals surface area contributed by atoms with E-state index in [1.165, 1.54) is 29.2 Å². The second-order valence-corrected chi connectivity index (χ2v) is 13.2. The molecule has 1 aromatic heterocycles. The maximum Gasteiger partial charge on any atom is 0.234 e. The van der Waals surface area contributed by atoms with Gasteiger partial charge in [0.1, 0.15) is 11.6 Å². The summed E-state index contributed by atoms with van der Waals surface area (Å²) in [4.78, 5) is 27.7. The Morgan fingerprint density at radius 3 is 2.70 bits per heavy atom. The Kier molecular flexibility index (Phi) is 7.81. The van der Waals surface area contributed by atoms with Gasteiger partial charge in [-0.1, -0.05) is 67.3 Å². The van der Waals surface area contributed by atoms with Gasteiger partial charge in [0.05, 0.1) is 29.0 Å². The molecule has 5 rings (SSSR count). The summed E-state index contributed by atoms with van der Waals surface area (Å²) in [6, 6.07) is 15.6. The predicted octanol–water partition coefficient (Wildman–Crippen LogP) is 6.11. The molecule has 0 spiro atoms. The highest BCUT2D eigenvalue weighted by Crippen LogP contribution is 2.51. The first-order valence-corrected chi connectivity index (χ1v) is 14.9. The largest absolute Gasteiger partial charge is 0.384 e. The molecule has 3 aromatic rings. The molecule has 1 aliphatic heterocycles. The van der Waals surface area contributed by atoms with E-state index in [1.807, 2.05) is 32.0 Å². The average Bonchev–Trinajstić information content (AvgIpc) is 3.36. The molecule has 1 aliphatic carbocycles. The van der Waals surface area contributed by atoms with Crippen molar-refractivity contribution in [3.05, 3.63) is 87.0 Å². The van der Waals surface area contributed by atoms with Crippen LogP contribution in [0.25, 0.3) is 0 Å². The van der Waals surface area contributed by atoms with Crippen molar-refractivity contribution in [1.29, 1.82) is 5.26 Å². The van der Waals surface area contributed by atoms with E-state index in [4.69, 9.17) is 5.73 Å². The lowest BCUT2D eigenvalue weighted by Crippen LogP contribution is -2.42. The smallest absolute Gasteiger partial charge is 0.234 e. The fourth-order valence-electron chi connectivity index (χ4n) is 4.97. The number of ketones is 1. The minimum atomic E-state index is -0.913. The summed E-state index contributed by atoms with van der Waals surface area (Å²) in [7, 11) is 0. The first-order valence-electron chi connectivity index (χ1n) is 12.3. The number of thioether (sulfide) groups is 1. The van der Waals surface area contributed by atoms with Crippen molar-refractivity contribution in [3.63, 3.8) is 0 Å². The minimum absolute atomic E-state index is 0.0779. The molecule has 1 unspecified atom stereocenters. The summed E-state index contributed by atoms with van der Waals surface area (Å²) in [5.74, 6) is -1.62. The number of hydrogen-bond acceptors (Lipinski definition) is 9. The Bertz CT molecular complexity index is 1630. The van der Waals surface area contributed by atoms with E-state index < -0.39 is 11.7 Å². The van der Waals surface area contributed by atoms with Crippen LogP contribution in [0.15, 0.2) is 80.0 Å². The van der Waals surface area contributed by atoms with Crippen LogP contribution < -0.4 is 16.0 Å². The zero-order chi connectivity index (χ0) is 28.6. The van der Waals surface area contributed by atoms with Crippen LogP contribution in [-0.4, -0.2) is 27.6 Å². The van der Waals surface area contributed by atoms with Gasteiger partial charge in [-0.3, -0.25) is 14.5 Å². The number of nitrogens with one attached hydrogen (secondary N) is 1. The third-order valence-electron chi connectivity index (χ3n) is 6.66. The number of nitriles is 1. The summed E-state index contributed by atoms with van der Waals surface area (Å²) in [5.41, 5.74) is 8.12. The Labute approximate surface area is 247 Å². The number of rotatable bonds is 6. The SMILES string of the molecule is CC1(C)CC(=O)C2=C(C1)N(c1nnc(SCC(=O)Nc3ccccc3Br)s1)C(N)=C(C#N)C2c1ccccc1F. The third-order valence-corrected chi connectivity index (χ3v) is 9.39. The van der Waals surface area contributed by atoms with Gasteiger partial charge < -0.3 is 11.1 Å². The first kappa shape index (κ1) is 28.0. The van der Waals surface area contributed by atoms with Crippen molar-refractivity contribution in [2.45, 2.75) is 36.9 Å². The van der Waals surface area contributed by atoms with Gasteiger partial charge in [0, 0.05) is 27.7 Å². The van der Waals surface area contributed by atoms with E-state index in [0.29, 0.717) is 32.8 Å². The molecule has 1 amide bonds. The average molecular weight is 640 g/mol. The highest BCUT2D eigenvalue weighted by Gasteiger charge is 2.46. The van der Waals surface area contributed by atoms with Crippen LogP contribution in [0.3, 0.4) is 0 Å². The molecule has 0 saturated heterocycles. The van der Waals surface area contributed by atoms with Gasteiger partial charge >= 0.3 is 0 Å². The van der Waals surface area contributed by atoms with Gasteiger partial charge in [-0.25, -0.2) is 4.39 Å². The van der Waals surface area contributed by atoms with E-state index in [-0.39, 0.29) is 46.2 Å². The number of carbonyl (C=O) groups is 2. The van der Waals surface area contributed by atoms with Crippen LogP contribution in [0, 0.1) is 22.6 Å². The molecule has 2 heterocycles. The maximum atomic E-state index is 15.0. The number of anilines is 2. The van der Waals surface area contributed by atoms with E-state index >= 15 is 4.39 Å². The number of Topliss-reactive ketones (excluding diaryl/α,β-unsaturated/α-hetero) is 1. The summed E-state index contributed by atoms with van der Waals surface area (Å²) in [6.07, 6.45) is 0.724. The van der Waals surface area contributed by atoms with E-state index in [0.717, 1.165) is 4.47 Å². The van der Waals surface area contributed by atoms with Crippen LogP contribution in [0.5, 0.6) is 0 Å². The normalized spacial score (nSPS) is 18.4. The fourth-order valence-corrected chi connectivity index (χ4v) is 7.04. The van der Waals surface area contributed by atoms with Crippen molar-refractivity contribution >= 4 is 61.5 Å². The van der Waals surface area contributed by atoms with E-state index in [1.54, 1.807) is 29.2 Å². The molecule has 0 bridgehead atoms. The van der Waals surface area contributed by atoms with Crippen molar-refractivity contribution in [2.24, 2.45) is 11.1 Å². The standard InChI is InChI=1S/C28H24BrFN6O2S2/c1-28(2)11-20-24(21(37)12-28)23(15-7-3-5-9-18(15)30)16(13-31)25(32)36(20)26-34-35-27(40-26)39-14-22(38)33-19-10-6-4-8-17(19)29/h3-10,23H,11-12,14,32H2,1-2H3,(H,33,38). The highest BCUT2D eigenvalue weighted by atomic mass is 79.9. The molecule has 2 aliphatic rings. The predicted molar refractivity (Wildman–Crippen MR) is 157 cm³/mol. The van der Waals surface area contributed by atoms with Gasteiger partial charge in [-0.15, -0.1) is 10.2 Å². The monoisotopic (exact) mass is 638 g/mol. The van der Waals surface area contributed by atoms with E-state index in [2.05, 4.69) is 37.5 Å². The van der Waals surface area contributed by atoms with Crippen molar-refractivity contribution in [3.8, 4) is 6.07 Å². The minimum Gasteiger partial charge on any atom is -0.384 e.